The first-order chi connectivity index (χ1) is 11.5. The van der Waals surface area contributed by atoms with Crippen molar-refractivity contribution in [1.29, 1.82) is 0 Å². The molecule has 1 saturated heterocycles. The molecule has 1 aliphatic heterocycles. The van der Waals surface area contributed by atoms with Crippen molar-refractivity contribution in [2.24, 2.45) is 0 Å². The molecule has 6 heteroatoms. The zero-order chi connectivity index (χ0) is 17.5. The number of hydrogen-bond acceptors (Lipinski definition) is 3. The molecular formula is C18H27N3O3. The highest BCUT2D eigenvalue weighted by atomic mass is 16.5. The summed E-state index contributed by atoms with van der Waals surface area (Å²) < 4.78 is 5.57. The molecule has 1 aliphatic rings. The van der Waals surface area contributed by atoms with E-state index in [0.29, 0.717) is 5.75 Å². The summed E-state index contributed by atoms with van der Waals surface area (Å²) in [6.45, 7) is 5.56. The smallest absolute Gasteiger partial charge is 0.321 e. The number of likely N-dealkylation sites (tertiary alicyclic amines) is 1. The first-order valence-corrected chi connectivity index (χ1v) is 8.52. The van der Waals surface area contributed by atoms with Crippen LogP contribution in [0, 0.1) is 0 Å². The van der Waals surface area contributed by atoms with Crippen molar-refractivity contribution < 1.29 is 14.3 Å². The fourth-order valence-electron chi connectivity index (χ4n) is 2.61. The highest BCUT2D eigenvalue weighted by Gasteiger charge is 2.17. The Morgan fingerprint density at radius 3 is 2.38 bits per heavy atom. The fraction of sp³-hybridized carbons (Fsp3) is 0.556. The number of carbonyl (C=O) groups excluding carboxylic acids is 2. The molecule has 1 fully saturated rings. The van der Waals surface area contributed by atoms with Gasteiger partial charge in [-0.15, -0.1) is 0 Å². The number of anilines is 1. The van der Waals surface area contributed by atoms with Gasteiger partial charge in [0.05, 0.1) is 0 Å². The van der Waals surface area contributed by atoms with Gasteiger partial charge in [0.25, 0.3) is 5.91 Å². The van der Waals surface area contributed by atoms with Crippen LogP contribution in [0.3, 0.4) is 0 Å². The molecule has 6 nitrogen and oxygen atoms in total. The summed E-state index contributed by atoms with van der Waals surface area (Å²) in [6, 6.07) is 7.10. The molecular weight excluding hydrogens is 306 g/mol. The summed E-state index contributed by atoms with van der Waals surface area (Å²) in [7, 11) is 1.72. The van der Waals surface area contributed by atoms with E-state index in [1.54, 1.807) is 36.2 Å². The average molecular weight is 333 g/mol. The quantitative estimate of drug-likeness (QED) is 0.901. The number of nitrogens with one attached hydrogen (secondary N) is 1. The normalized spacial score (nSPS) is 14.4. The fourth-order valence-corrected chi connectivity index (χ4v) is 2.61. The maximum absolute atomic E-state index is 12.1. The minimum absolute atomic E-state index is 0.0344. The SMILES string of the molecule is CC(C)NC(=O)N(C)c1ccc(OCC(=O)N2CCCCC2)cc1. The lowest BCUT2D eigenvalue weighted by molar-refractivity contribution is -0.134. The molecule has 1 heterocycles. The first kappa shape index (κ1) is 18.1. The lowest BCUT2D eigenvalue weighted by Gasteiger charge is -2.26. The van der Waals surface area contributed by atoms with Gasteiger partial charge >= 0.3 is 6.03 Å². The molecule has 1 aromatic rings. The van der Waals surface area contributed by atoms with Crippen LogP contribution in [0.25, 0.3) is 0 Å². The van der Waals surface area contributed by atoms with Crippen molar-refractivity contribution in [2.45, 2.75) is 39.2 Å². The molecule has 2 rings (SSSR count). The van der Waals surface area contributed by atoms with E-state index in [-0.39, 0.29) is 24.6 Å². The monoisotopic (exact) mass is 333 g/mol. The van der Waals surface area contributed by atoms with Crippen LogP contribution in [-0.2, 0) is 4.79 Å². The Bertz CT molecular complexity index is 551. The molecule has 132 valence electrons. The second-order valence-corrected chi connectivity index (χ2v) is 6.39. The van der Waals surface area contributed by atoms with Crippen LogP contribution in [0.5, 0.6) is 5.75 Å². The molecule has 0 aliphatic carbocycles. The summed E-state index contributed by atoms with van der Waals surface area (Å²) in [6.07, 6.45) is 3.35. The van der Waals surface area contributed by atoms with E-state index in [4.69, 9.17) is 4.74 Å². The van der Waals surface area contributed by atoms with Gasteiger partial charge in [-0.25, -0.2) is 4.79 Å². The molecule has 0 spiro atoms. The van der Waals surface area contributed by atoms with E-state index in [9.17, 15) is 9.59 Å². The lowest BCUT2D eigenvalue weighted by Crippen LogP contribution is -2.40. The number of hydrogen-bond donors (Lipinski definition) is 1. The van der Waals surface area contributed by atoms with Gasteiger partial charge in [-0.05, 0) is 57.4 Å². The molecule has 24 heavy (non-hydrogen) atoms. The third-order valence-electron chi connectivity index (χ3n) is 4.01. The molecule has 0 unspecified atom stereocenters. The summed E-state index contributed by atoms with van der Waals surface area (Å²) >= 11 is 0. The molecule has 0 aromatic heterocycles. The van der Waals surface area contributed by atoms with Gasteiger partial charge in [-0.2, -0.15) is 0 Å². The van der Waals surface area contributed by atoms with Crippen molar-refractivity contribution >= 4 is 17.6 Å². The zero-order valence-corrected chi connectivity index (χ0v) is 14.7. The summed E-state index contributed by atoms with van der Waals surface area (Å²) in [5.41, 5.74) is 0.767. The maximum atomic E-state index is 12.1. The predicted octanol–water partition coefficient (Wildman–Crippen LogP) is 2.63. The lowest BCUT2D eigenvalue weighted by atomic mass is 10.1. The molecule has 1 N–H and O–H groups in total. The van der Waals surface area contributed by atoms with Crippen LogP contribution in [0.15, 0.2) is 24.3 Å². The van der Waals surface area contributed by atoms with E-state index in [1.165, 1.54) is 6.42 Å². The highest BCUT2D eigenvalue weighted by molar-refractivity contribution is 5.91. The number of urea groups is 1. The number of benzene rings is 1. The summed E-state index contributed by atoms with van der Waals surface area (Å²) in [4.78, 5) is 27.4. The Hall–Kier alpha value is -2.24. The van der Waals surface area contributed by atoms with Crippen molar-refractivity contribution in [1.82, 2.24) is 10.2 Å². The summed E-state index contributed by atoms with van der Waals surface area (Å²) in [5, 5.41) is 2.84. The minimum Gasteiger partial charge on any atom is -0.484 e. The first-order valence-electron chi connectivity index (χ1n) is 8.52. The topological polar surface area (TPSA) is 61.9 Å². The Kier molecular flexibility index (Phi) is 6.46. The third kappa shape index (κ3) is 5.15. The number of rotatable bonds is 5. The van der Waals surface area contributed by atoms with Gasteiger partial charge < -0.3 is 15.0 Å². The Balaban J connectivity index is 1.85. The molecule has 3 amide bonds. The van der Waals surface area contributed by atoms with E-state index < -0.39 is 0 Å². The van der Waals surface area contributed by atoms with Gasteiger partial charge in [0.2, 0.25) is 0 Å². The highest BCUT2D eigenvalue weighted by Crippen LogP contribution is 2.19. The zero-order valence-electron chi connectivity index (χ0n) is 14.7. The molecule has 0 atom stereocenters. The molecule has 1 aromatic carbocycles. The molecule has 0 bridgehead atoms. The van der Waals surface area contributed by atoms with Crippen LogP contribution in [-0.4, -0.2) is 49.6 Å². The standard InChI is InChI=1S/C18H27N3O3/c1-14(2)19-18(23)20(3)15-7-9-16(10-8-15)24-13-17(22)21-11-5-4-6-12-21/h7-10,14H,4-6,11-13H2,1-3H3,(H,19,23). The van der Waals surface area contributed by atoms with E-state index in [1.807, 2.05) is 18.7 Å². The van der Waals surface area contributed by atoms with Gasteiger partial charge in [0.15, 0.2) is 6.61 Å². The summed E-state index contributed by atoms with van der Waals surface area (Å²) in [5.74, 6) is 0.661. The van der Waals surface area contributed by atoms with E-state index in [2.05, 4.69) is 5.32 Å². The van der Waals surface area contributed by atoms with E-state index >= 15 is 0 Å². The molecule has 0 saturated carbocycles. The third-order valence-corrected chi connectivity index (χ3v) is 4.01. The van der Waals surface area contributed by atoms with E-state index in [0.717, 1.165) is 31.6 Å². The predicted molar refractivity (Wildman–Crippen MR) is 94.4 cm³/mol. The maximum Gasteiger partial charge on any atom is 0.321 e. The van der Waals surface area contributed by atoms with Crippen LogP contribution < -0.4 is 15.0 Å². The van der Waals surface area contributed by atoms with Gasteiger partial charge in [-0.1, -0.05) is 0 Å². The van der Waals surface area contributed by atoms with Crippen molar-refractivity contribution in [3.8, 4) is 5.75 Å². The van der Waals surface area contributed by atoms with Crippen LogP contribution in [0.2, 0.25) is 0 Å². The largest absolute Gasteiger partial charge is 0.484 e. The second kappa shape index (κ2) is 8.57. The number of carbonyl (C=O) groups is 2. The number of piperidine rings is 1. The number of ether oxygens (including phenoxy) is 1. The van der Waals surface area contributed by atoms with Crippen LogP contribution in [0.4, 0.5) is 10.5 Å². The van der Waals surface area contributed by atoms with Crippen molar-refractivity contribution in [2.75, 3.05) is 31.6 Å². The van der Waals surface area contributed by atoms with Gasteiger partial charge in [0, 0.05) is 31.9 Å². The molecule has 0 radical (unpaired) electrons. The van der Waals surface area contributed by atoms with Crippen molar-refractivity contribution in [3.63, 3.8) is 0 Å². The Morgan fingerprint density at radius 2 is 1.79 bits per heavy atom. The van der Waals surface area contributed by atoms with Crippen LogP contribution in [0.1, 0.15) is 33.1 Å². The minimum atomic E-state index is -0.154. The second-order valence-electron chi connectivity index (χ2n) is 6.39. The average Bonchev–Trinajstić information content (AvgIpc) is 2.59. The van der Waals surface area contributed by atoms with Crippen LogP contribution >= 0.6 is 0 Å². The van der Waals surface area contributed by atoms with Gasteiger partial charge in [-0.3, -0.25) is 9.69 Å². The number of nitrogens with zero attached hydrogens (tertiary/aromatic N) is 2. The Labute approximate surface area is 143 Å². The number of amides is 3. The van der Waals surface area contributed by atoms with Gasteiger partial charge in [0.1, 0.15) is 5.75 Å². The van der Waals surface area contributed by atoms with Crippen molar-refractivity contribution in [3.05, 3.63) is 24.3 Å². The Morgan fingerprint density at radius 1 is 1.17 bits per heavy atom.